The van der Waals surface area contributed by atoms with E-state index in [1.54, 1.807) is 6.92 Å². The smallest absolute Gasteiger partial charge is 0.347 e. The number of nitrogens with zero attached hydrogens (tertiary/aromatic N) is 1. The van der Waals surface area contributed by atoms with Crippen LogP contribution in [0.1, 0.15) is 46.7 Å². The van der Waals surface area contributed by atoms with E-state index in [4.69, 9.17) is 9.84 Å². The van der Waals surface area contributed by atoms with E-state index < -0.39 is 5.97 Å². The fourth-order valence-electron chi connectivity index (χ4n) is 2.07. The summed E-state index contributed by atoms with van der Waals surface area (Å²) in [4.78, 5) is 15.6. The summed E-state index contributed by atoms with van der Waals surface area (Å²) in [5.74, 6) is -0.0975. The van der Waals surface area contributed by atoms with Crippen molar-refractivity contribution in [3.63, 3.8) is 0 Å². The second-order valence-electron chi connectivity index (χ2n) is 6.20. The summed E-state index contributed by atoms with van der Waals surface area (Å²) >= 11 is 1.22. The average molecular weight is 319 g/mol. The van der Waals surface area contributed by atoms with Gasteiger partial charge in [-0.2, -0.15) is 0 Å². The van der Waals surface area contributed by atoms with Gasteiger partial charge in [0.15, 0.2) is 0 Å². The van der Waals surface area contributed by atoms with Gasteiger partial charge in [0.25, 0.3) is 0 Å². The maximum atomic E-state index is 11.0. The average Bonchev–Trinajstić information content (AvgIpc) is 2.80. The van der Waals surface area contributed by atoms with E-state index in [9.17, 15) is 4.79 Å². The van der Waals surface area contributed by atoms with Crippen molar-refractivity contribution in [1.29, 1.82) is 0 Å². The highest BCUT2D eigenvalue weighted by molar-refractivity contribution is 7.13. The van der Waals surface area contributed by atoms with Crippen LogP contribution in [0.5, 0.6) is 5.75 Å². The molecule has 0 radical (unpaired) electrons. The molecule has 0 bridgehead atoms. The van der Waals surface area contributed by atoms with Gasteiger partial charge in [-0.1, -0.05) is 32.9 Å². The summed E-state index contributed by atoms with van der Waals surface area (Å²) in [5.41, 5.74) is 1.97. The highest BCUT2D eigenvalue weighted by Crippen LogP contribution is 2.24. The molecule has 0 saturated carbocycles. The lowest BCUT2D eigenvalue weighted by molar-refractivity contribution is 0.0701. The highest BCUT2D eigenvalue weighted by atomic mass is 32.1. The molecule has 0 fully saturated rings. The van der Waals surface area contributed by atoms with Crippen molar-refractivity contribution < 1.29 is 14.6 Å². The van der Waals surface area contributed by atoms with Gasteiger partial charge in [0, 0.05) is 6.42 Å². The number of aromatic carboxylic acids is 1. The van der Waals surface area contributed by atoms with Crippen LogP contribution in [0.25, 0.3) is 0 Å². The molecule has 22 heavy (non-hydrogen) atoms. The molecule has 0 atom stereocenters. The van der Waals surface area contributed by atoms with Crippen molar-refractivity contribution in [3.8, 4) is 5.75 Å². The number of carbonyl (C=O) groups is 1. The van der Waals surface area contributed by atoms with E-state index in [0.717, 1.165) is 10.8 Å². The van der Waals surface area contributed by atoms with E-state index in [-0.39, 0.29) is 5.41 Å². The number of carboxylic acid groups (broad SMARTS) is 1. The Labute approximate surface area is 134 Å². The maximum Gasteiger partial charge on any atom is 0.347 e. The minimum Gasteiger partial charge on any atom is -0.493 e. The van der Waals surface area contributed by atoms with E-state index >= 15 is 0 Å². The number of aromatic nitrogens is 1. The van der Waals surface area contributed by atoms with Gasteiger partial charge in [0.2, 0.25) is 0 Å². The zero-order chi connectivity index (χ0) is 16.3. The van der Waals surface area contributed by atoms with Gasteiger partial charge < -0.3 is 9.84 Å². The van der Waals surface area contributed by atoms with Crippen molar-refractivity contribution in [1.82, 2.24) is 4.98 Å². The number of aryl methyl sites for hydroxylation is 1. The molecule has 0 amide bonds. The molecule has 5 heteroatoms. The Morgan fingerprint density at radius 3 is 2.41 bits per heavy atom. The predicted molar refractivity (Wildman–Crippen MR) is 88.2 cm³/mol. The first kappa shape index (κ1) is 16.5. The zero-order valence-electron chi connectivity index (χ0n) is 13.3. The van der Waals surface area contributed by atoms with Gasteiger partial charge in [0.05, 0.1) is 17.3 Å². The van der Waals surface area contributed by atoms with E-state index in [0.29, 0.717) is 23.6 Å². The molecule has 0 unspecified atom stereocenters. The lowest BCUT2D eigenvalue weighted by atomic mass is 9.87. The molecule has 1 N–H and O–H groups in total. The normalized spacial score (nSPS) is 11.5. The zero-order valence-corrected chi connectivity index (χ0v) is 14.2. The molecule has 118 valence electrons. The first-order chi connectivity index (χ1) is 10.3. The van der Waals surface area contributed by atoms with E-state index in [1.165, 1.54) is 16.9 Å². The van der Waals surface area contributed by atoms with Crippen LogP contribution in [-0.4, -0.2) is 22.7 Å². The van der Waals surface area contributed by atoms with Crippen LogP contribution in [0.3, 0.4) is 0 Å². The van der Waals surface area contributed by atoms with Crippen LogP contribution in [0, 0.1) is 6.92 Å². The minimum atomic E-state index is -0.917. The fraction of sp³-hybridized carbons (Fsp3) is 0.412. The van der Waals surface area contributed by atoms with Gasteiger partial charge in [-0.15, -0.1) is 11.3 Å². The number of thiazole rings is 1. The summed E-state index contributed by atoms with van der Waals surface area (Å²) in [5, 5.41) is 9.81. The number of hydrogen-bond donors (Lipinski definition) is 1. The molecule has 2 aromatic rings. The maximum absolute atomic E-state index is 11.0. The molecule has 0 aliphatic rings. The molecule has 0 saturated heterocycles. The van der Waals surface area contributed by atoms with Crippen LogP contribution in [-0.2, 0) is 11.8 Å². The Bertz CT molecular complexity index is 654. The molecule has 1 heterocycles. The Kier molecular flexibility index (Phi) is 4.86. The van der Waals surface area contributed by atoms with Crippen LogP contribution >= 0.6 is 11.3 Å². The number of ether oxygens (including phenoxy) is 1. The molecule has 4 nitrogen and oxygen atoms in total. The molecular weight excluding hydrogens is 298 g/mol. The summed E-state index contributed by atoms with van der Waals surface area (Å²) in [7, 11) is 0. The van der Waals surface area contributed by atoms with Gasteiger partial charge >= 0.3 is 5.97 Å². The largest absolute Gasteiger partial charge is 0.493 e. The lowest BCUT2D eigenvalue weighted by Gasteiger charge is -2.19. The first-order valence-corrected chi connectivity index (χ1v) is 8.02. The van der Waals surface area contributed by atoms with E-state index in [2.05, 4.69) is 37.9 Å². The molecule has 0 aliphatic heterocycles. The Morgan fingerprint density at radius 2 is 1.91 bits per heavy atom. The third-order valence-corrected chi connectivity index (χ3v) is 4.55. The van der Waals surface area contributed by atoms with Crippen LogP contribution in [0.4, 0.5) is 0 Å². The predicted octanol–water partition coefficient (Wildman–Crippen LogP) is 4.07. The van der Waals surface area contributed by atoms with Gasteiger partial charge in [-0.25, -0.2) is 9.78 Å². The van der Waals surface area contributed by atoms with Crippen molar-refractivity contribution >= 4 is 17.3 Å². The number of hydrogen-bond acceptors (Lipinski definition) is 4. The molecule has 1 aromatic heterocycles. The minimum absolute atomic E-state index is 0.129. The third kappa shape index (κ3) is 4.07. The highest BCUT2D eigenvalue weighted by Gasteiger charge is 2.14. The van der Waals surface area contributed by atoms with Crippen LogP contribution in [0.15, 0.2) is 24.3 Å². The van der Waals surface area contributed by atoms with Crippen molar-refractivity contribution in [2.45, 2.75) is 39.5 Å². The number of benzene rings is 1. The van der Waals surface area contributed by atoms with Crippen molar-refractivity contribution in [2.75, 3.05) is 6.61 Å². The van der Waals surface area contributed by atoms with E-state index in [1.807, 2.05) is 12.1 Å². The quantitative estimate of drug-likeness (QED) is 0.902. The molecule has 0 aliphatic carbocycles. The topological polar surface area (TPSA) is 59.4 Å². The van der Waals surface area contributed by atoms with Gasteiger partial charge in [0.1, 0.15) is 10.6 Å². The first-order valence-electron chi connectivity index (χ1n) is 7.20. The fourth-order valence-corrected chi connectivity index (χ4v) is 2.95. The Morgan fingerprint density at radius 1 is 1.27 bits per heavy atom. The monoisotopic (exact) mass is 319 g/mol. The second-order valence-corrected chi connectivity index (χ2v) is 7.28. The second kappa shape index (κ2) is 6.48. The molecular formula is C17H21NO3S. The SMILES string of the molecule is Cc1nc(CCOc2ccc(C(C)(C)C)cc2)sc1C(=O)O. The van der Waals surface area contributed by atoms with Crippen LogP contribution in [0.2, 0.25) is 0 Å². The van der Waals surface area contributed by atoms with Crippen molar-refractivity contribution in [2.24, 2.45) is 0 Å². The standard InChI is InChI=1S/C17H21NO3S/c1-11-15(16(19)20)22-14(18-11)9-10-21-13-7-5-12(6-8-13)17(2,3)4/h5-8H,9-10H2,1-4H3,(H,19,20). The van der Waals surface area contributed by atoms with Crippen LogP contribution < -0.4 is 4.74 Å². The lowest BCUT2D eigenvalue weighted by Crippen LogP contribution is -2.10. The molecule has 2 rings (SSSR count). The van der Waals surface area contributed by atoms with Crippen molar-refractivity contribution in [3.05, 3.63) is 45.4 Å². The summed E-state index contributed by atoms with van der Waals surface area (Å²) in [6, 6.07) is 8.09. The van der Waals surface area contributed by atoms with Gasteiger partial charge in [-0.05, 0) is 30.0 Å². The summed E-state index contributed by atoms with van der Waals surface area (Å²) in [6.45, 7) is 8.73. The molecule has 0 spiro atoms. The number of carboxylic acids is 1. The number of rotatable bonds is 5. The molecule has 1 aromatic carbocycles. The Balaban J connectivity index is 1.91. The summed E-state index contributed by atoms with van der Waals surface area (Å²) < 4.78 is 5.71. The third-order valence-electron chi connectivity index (χ3n) is 3.34. The van der Waals surface area contributed by atoms with Gasteiger partial charge in [-0.3, -0.25) is 0 Å². The summed E-state index contributed by atoms with van der Waals surface area (Å²) in [6.07, 6.45) is 0.611. The Hall–Kier alpha value is -1.88.